The molecule has 0 spiro atoms. The minimum atomic E-state index is -0.505. The fourth-order valence-electron chi connectivity index (χ4n) is 1.82. The van der Waals surface area contributed by atoms with Crippen molar-refractivity contribution < 1.29 is 9.13 Å². The largest absolute Gasteiger partial charge is 0.436 e. The number of hydrogen-bond acceptors (Lipinski definition) is 3. The molecular formula is C15H11FN2O. The van der Waals surface area contributed by atoms with Crippen molar-refractivity contribution in [2.45, 2.75) is 0 Å². The van der Waals surface area contributed by atoms with Crippen LogP contribution in [0.3, 0.4) is 0 Å². The summed E-state index contributed by atoms with van der Waals surface area (Å²) in [4.78, 5) is 4.31. The highest BCUT2D eigenvalue weighted by molar-refractivity contribution is 5.78. The molecule has 0 fully saturated rings. The molecule has 3 nitrogen and oxygen atoms in total. The summed E-state index contributed by atoms with van der Waals surface area (Å²) in [7, 11) is 0. The lowest BCUT2D eigenvalue weighted by Crippen LogP contribution is -1.93. The van der Waals surface area contributed by atoms with Crippen molar-refractivity contribution in [1.82, 2.24) is 4.98 Å². The lowest BCUT2D eigenvalue weighted by Gasteiger charge is -2.07. The number of aromatic nitrogens is 1. The topological polar surface area (TPSA) is 48.1 Å². The molecule has 2 N–H and O–H groups in total. The highest BCUT2D eigenvalue weighted by Crippen LogP contribution is 2.26. The zero-order valence-electron chi connectivity index (χ0n) is 10.0. The van der Waals surface area contributed by atoms with Gasteiger partial charge in [0.1, 0.15) is 0 Å². The van der Waals surface area contributed by atoms with Gasteiger partial charge < -0.3 is 10.5 Å². The Balaban J connectivity index is 1.96. The highest BCUT2D eigenvalue weighted by Gasteiger charge is 2.06. The predicted molar refractivity (Wildman–Crippen MR) is 72.6 cm³/mol. The van der Waals surface area contributed by atoms with Crippen LogP contribution in [0, 0.1) is 5.82 Å². The average Bonchev–Trinajstić information content (AvgIpc) is 2.42. The molecule has 3 aromatic rings. The molecule has 4 heteroatoms. The maximum Gasteiger partial charge on any atom is 0.219 e. The number of para-hydroxylation sites is 1. The van der Waals surface area contributed by atoms with E-state index in [0.29, 0.717) is 11.6 Å². The first kappa shape index (κ1) is 11.5. The fraction of sp³-hybridized carbons (Fsp3) is 0. The quantitative estimate of drug-likeness (QED) is 0.708. The molecule has 0 amide bonds. The molecule has 0 bridgehead atoms. The van der Waals surface area contributed by atoms with Gasteiger partial charge in [-0.2, -0.15) is 0 Å². The first-order valence-electron chi connectivity index (χ1n) is 5.81. The maximum absolute atomic E-state index is 13.6. The molecule has 0 saturated heterocycles. The molecule has 0 saturated carbocycles. The number of rotatable bonds is 2. The number of ether oxygens (including phenoxy) is 1. The van der Waals surface area contributed by atoms with Crippen molar-refractivity contribution in [2.24, 2.45) is 0 Å². The molecule has 94 valence electrons. The third-order valence-corrected chi connectivity index (χ3v) is 2.74. The summed E-state index contributed by atoms with van der Waals surface area (Å²) in [6.45, 7) is 0. The van der Waals surface area contributed by atoms with E-state index in [2.05, 4.69) is 4.98 Å². The number of pyridine rings is 1. The number of benzene rings is 2. The van der Waals surface area contributed by atoms with Crippen molar-refractivity contribution in [2.75, 3.05) is 5.73 Å². The lowest BCUT2D eigenvalue weighted by atomic mass is 10.2. The second-order valence-electron chi connectivity index (χ2n) is 4.13. The third kappa shape index (κ3) is 2.33. The fourth-order valence-corrected chi connectivity index (χ4v) is 1.82. The van der Waals surface area contributed by atoms with Gasteiger partial charge >= 0.3 is 0 Å². The second kappa shape index (κ2) is 4.57. The molecule has 0 aliphatic carbocycles. The molecule has 0 atom stereocenters. The van der Waals surface area contributed by atoms with Crippen LogP contribution in [0.4, 0.5) is 10.1 Å². The van der Waals surface area contributed by atoms with Gasteiger partial charge in [-0.05, 0) is 24.3 Å². The summed E-state index contributed by atoms with van der Waals surface area (Å²) in [6, 6.07) is 15.5. The Morgan fingerprint density at radius 3 is 2.68 bits per heavy atom. The van der Waals surface area contributed by atoms with Crippen LogP contribution in [0.15, 0.2) is 54.6 Å². The number of nitrogens with zero attached hydrogens (tertiary/aromatic N) is 1. The van der Waals surface area contributed by atoms with Crippen LogP contribution in [0.5, 0.6) is 11.6 Å². The van der Waals surface area contributed by atoms with Gasteiger partial charge in [-0.15, -0.1) is 0 Å². The molecule has 0 unspecified atom stereocenters. The van der Waals surface area contributed by atoms with Gasteiger partial charge in [0.15, 0.2) is 11.6 Å². The van der Waals surface area contributed by atoms with Gasteiger partial charge in [0.05, 0.1) is 5.52 Å². The van der Waals surface area contributed by atoms with Crippen LogP contribution in [0.25, 0.3) is 10.9 Å². The zero-order valence-corrected chi connectivity index (χ0v) is 10.0. The van der Waals surface area contributed by atoms with Crippen molar-refractivity contribution in [1.29, 1.82) is 0 Å². The van der Waals surface area contributed by atoms with Crippen molar-refractivity contribution in [3.63, 3.8) is 0 Å². The standard InChI is InChI=1S/C15H11FN2O/c16-12-9-11(17)6-7-14(12)19-15-8-5-10-3-1-2-4-13(10)18-15/h1-9H,17H2. The summed E-state index contributed by atoms with van der Waals surface area (Å²) in [5.41, 5.74) is 6.64. The van der Waals surface area contributed by atoms with Crippen LogP contribution >= 0.6 is 0 Å². The van der Waals surface area contributed by atoms with E-state index in [0.717, 1.165) is 10.9 Å². The van der Waals surface area contributed by atoms with Crippen LogP contribution in [0.2, 0.25) is 0 Å². The number of nitrogen functional groups attached to an aromatic ring is 1. The minimum absolute atomic E-state index is 0.108. The monoisotopic (exact) mass is 254 g/mol. The smallest absolute Gasteiger partial charge is 0.219 e. The predicted octanol–water partition coefficient (Wildman–Crippen LogP) is 3.75. The summed E-state index contributed by atoms with van der Waals surface area (Å²) in [5.74, 6) is -0.0469. The number of anilines is 1. The average molecular weight is 254 g/mol. The number of nitrogens with two attached hydrogens (primary N) is 1. The number of halogens is 1. The molecule has 2 aromatic carbocycles. The zero-order chi connectivity index (χ0) is 13.2. The summed E-state index contributed by atoms with van der Waals surface area (Å²) < 4.78 is 19.0. The molecule has 1 aromatic heterocycles. The van der Waals surface area contributed by atoms with Gasteiger partial charge in [-0.1, -0.05) is 18.2 Å². The van der Waals surface area contributed by atoms with E-state index in [1.54, 1.807) is 12.1 Å². The second-order valence-corrected chi connectivity index (χ2v) is 4.13. The summed E-state index contributed by atoms with van der Waals surface area (Å²) in [5, 5.41) is 1.01. The molecule has 19 heavy (non-hydrogen) atoms. The normalized spacial score (nSPS) is 10.6. The van der Waals surface area contributed by atoms with E-state index in [4.69, 9.17) is 10.5 Å². The summed E-state index contributed by atoms with van der Waals surface area (Å²) in [6.07, 6.45) is 0. The number of fused-ring (bicyclic) bond motifs is 1. The Kier molecular flexibility index (Phi) is 2.76. The van der Waals surface area contributed by atoms with Gasteiger partial charge in [0.2, 0.25) is 5.88 Å². The van der Waals surface area contributed by atoms with E-state index in [9.17, 15) is 4.39 Å². The third-order valence-electron chi connectivity index (χ3n) is 2.74. The van der Waals surface area contributed by atoms with Crippen molar-refractivity contribution in [3.05, 3.63) is 60.4 Å². The van der Waals surface area contributed by atoms with E-state index >= 15 is 0 Å². The van der Waals surface area contributed by atoms with E-state index in [1.165, 1.54) is 12.1 Å². The molecule has 0 aliphatic rings. The van der Waals surface area contributed by atoms with Gasteiger partial charge in [0, 0.05) is 23.2 Å². The highest BCUT2D eigenvalue weighted by atomic mass is 19.1. The van der Waals surface area contributed by atoms with E-state index < -0.39 is 5.82 Å². The van der Waals surface area contributed by atoms with E-state index in [1.807, 2.05) is 30.3 Å². The lowest BCUT2D eigenvalue weighted by molar-refractivity contribution is 0.429. The Morgan fingerprint density at radius 1 is 1.00 bits per heavy atom. The molecule has 1 heterocycles. The molecule has 0 radical (unpaired) electrons. The summed E-state index contributed by atoms with van der Waals surface area (Å²) >= 11 is 0. The van der Waals surface area contributed by atoms with Crippen molar-refractivity contribution in [3.8, 4) is 11.6 Å². The van der Waals surface area contributed by atoms with Crippen LogP contribution in [-0.2, 0) is 0 Å². The minimum Gasteiger partial charge on any atom is -0.436 e. The van der Waals surface area contributed by atoms with Gasteiger partial charge in [-0.25, -0.2) is 9.37 Å². The Bertz CT molecular complexity index is 743. The molecule has 3 rings (SSSR count). The molecule has 0 aliphatic heterocycles. The number of hydrogen-bond donors (Lipinski definition) is 1. The first-order chi connectivity index (χ1) is 9.22. The Morgan fingerprint density at radius 2 is 1.84 bits per heavy atom. The van der Waals surface area contributed by atoms with Crippen LogP contribution in [0.1, 0.15) is 0 Å². The van der Waals surface area contributed by atoms with E-state index in [-0.39, 0.29) is 5.75 Å². The SMILES string of the molecule is Nc1ccc(Oc2ccc3ccccc3n2)c(F)c1. The van der Waals surface area contributed by atoms with Crippen LogP contribution < -0.4 is 10.5 Å². The molecular weight excluding hydrogens is 243 g/mol. The van der Waals surface area contributed by atoms with Crippen molar-refractivity contribution >= 4 is 16.6 Å². The maximum atomic E-state index is 13.6. The Labute approximate surface area is 109 Å². The van der Waals surface area contributed by atoms with Gasteiger partial charge in [-0.3, -0.25) is 0 Å². The van der Waals surface area contributed by atoms with Gasteiger partial charge in [0.25, 0.3) is 0 Å². The first-order valence-corrected chi connectivity index (χ1v) is 5.81. The Hall–Kier alpha value is -2.62. The van der Waals surface area contributed by atoms with Crippen LogP contribution in [-0.4, -0.2) is 4.98 Å².